The summed E-state index contributed by atoms with van der Waals surface area (Å²) >= 11 is 0. The first kappa shape index (κ1) is 17.9. The van der Waals surface area contributed by atoms with Crippen LogP contribution in [0.25, 0.3) is 0 Å². The van der Waals surface area contributed by atoms with Crippen LogP contribution in [0.15, 0.2) is 36.4 Å². The molecule has 8 nitrogen and oxygen atoms in total. The number of carbonyl (C=O) groups is 2. The first-order valence-corrected chi connectivity index (χ1v) is 7.05. The lowest BCUT2D eigenvalue weighted by Gasteiger charge is -2.10. The van der Waals surface area contributed by atoms with Gasteiger partial charge in [-0.1, -0.05) is 6.07 Å². The van der Waals surface area contributed by atoms with E-state index < -0.39 is 29.2 Å². The Morgan fingerprint density at radius 3 is 2.68 bits per heavy atom. The van der Waals surface area contributed by atoms with Gasteiger partial charge in [-0.2, -0.15) is 0 Å². The van der Waals surface area contributed by atoms with Crippen LogP contribution in [0.5, 0.6) is 0 Å². The van der Waals surface area contributed by atoms with Crippen molar-refractivity contribution < 1.29 is 23.6 Å². The highest BCUT2D eigenvalue weighted by atomic mass is 19.1. The minimum atomic E-state index is -0.886. The van der Waals surface area contributed by atoms with Crippen molar-refractivity contribution in [3.8, 4) is 0 Å². The topological polar surface area (TPSA) is 125 Å². The number of anilines is 2. The van der Waals surface area contributed by atoms with Gasteiger partial charge in [-0.3, -0.25) is 14.9 Å². The number of nitrogens with zero attached hydrogens (tertiary/aromatic N) is 1. The fourth-order valence-corrected chi connectivity index (χ4v) is 2.07. The number of hydrogen-bond donors (Lipinski definition) is 2. The number of carbonyl (C=O) groups excluding carboxylic acids is 2. The number of nitrogens with one attached hydrogen (secondary N) is 1. The molecule has 0 saturated carbocycles. The Kier molecular flexibility index (Phi) is 5.28. The van der Waals surface area contributed by atoms with Crippen LogP contribution in [0.2, 0.25) is 0 Å². The van der Waals surface area contributed by atoms with Gasteiger partial charge in [-0.15, -0.1) is 0 Å². The number of nitrogen functional groups attached to an aromatic ring is 1. The zero-order chi connectivity index (χ0) is 18.6. The van der Waals surface area contributed by atoms with Gasteiger partial charge in [0.25, 0.3) is 11.6 Å². The molecule has 25 heavy (non-hydrogen) atoms. The number of hydrogen-bond acceptors (Lipinski definition) is 6. The van der Waals surface area contributed by atoms with Gasteiger partial charge in [0.2, 0.25) is 0 Å². The molecule has 0 unspecified atom stereocenters. The van der Waals surface area contributed by atoms with Crippen molar-refractivity contribution in [2.24, 2.45) is 0 Å². The van der Waals surface area contributed by atoms with Crippen molar-refractivity contribution in [2.75, 3.05) is 17.7 Å². The predicted molar refractivity (Wildman–Crippen MR) is 87.6 cm³/mol. The van der Waals surface area contributed by atoms with Crippen LogP contribution >= 0.6 is 0 Å². The summed E-state index contributed by atoms with van der Waals surface area (Å²) in [5, 5.41) is 13.3. The molecule has 2 rings (SSSR count). The predicted octanol–water partition coefficient (Wildman–Crippen LogP) is 2.42. The van der Waals surface area contributed by atoms with Crippen LogP contribution in [0, 0.1) is 22.9 Å². The number of amides is 1. The van der Waals surface area contributed by atoms with Gasteiger partial charge in [-0.25, -0.2) is 9.18 Å². The van der Waals surface area contributed by atoms with Crippen molar-refractivity contribution in [1.29, 1.82) is 0 Å². The monoisotopic (exact) mass is 347 g/mol. The molecule has 0 spiro atoms. The molecule has 0 aliphatic carbocycles. The average Bonchev–Trinajstić information content (AvgIpc) is 2.54. The minimum absolute atomic E-state index is 0.0688. The number of benzene rings is 2. The highest BCUT2D eigenvalue weighted by molar-refractivity contribution is 5.98. The third-order valence-electron chi connectivity index (χ3n) is 3.34. The summed E-state index contributed by atoms with van der Waals surface area (Å²) in [7, 11) is 0. The fraction of sp³-hybridized carbons (Fsp3) is 0.125. The van der Waals surface area contributed by atoms with Crippen molar-refractivity contribution in [1.82, 2.24) is 0 Å². The Bertz CT molecular complexity index is 854. The average molecular weight is 347 g/mol. The highest BCUT2D eigenvalue weighted by Crippen LogP contribution is 2.25. The summed E-state index contributed by atoms with van der Waals surface area (Å²) in [6.07, 6.45) is 0. The van der Waals surface area contributed by atoms with Gasteiger partial charge in [0, 0.05) is 11.8 Å². The maximum absolute atomic E-state index is 13.0. The van der Waals surface area contributed by atoms with Crippen LogP contribution in [0.3, 0.4) is 0 Å². The van der Waals surface area contributed by atoms with E-state index in [0.717, 1.165) is 18.2 Å². The fourth-order valence-electron chi connectivity index (χ4n) is 2.07. The van der Waals surface area contributed by atoms with Crippen LogP contribution in [-0.4, -0.2) is 23.4 Å². The van der Waals surface area contributed by atoms with E-state index in [-0.39, 0.29) is 28.2 Å². The molecule has 2 aromatic carbocycles. The molecular formula is C16H14FN3O5. The van der Waals surface area contributed by atoms with E-state index in [9.17, 15) is 24.1 Å². The standard InChI is InChI=1S/C16H14FN3O5/c1-9-13(3-2-4-14(9)20(23)24)19-15(21)8-25-16(22)11-6-5-10(17)7-12(11)18/h2-7H,8,18H2,1H3,(H,19,21). The lowest BCUT2D eigenvalue weighted by Crippen LogP contribution is -2.22. The number of nitro groups is 1. The summed E-state index contributed by atoms with van der Waals surface area (Å²) in [5.41, 5.74) is 5.69. The largest absolute Gasteiger partial charge is 0.452 e. The van der Waals surface area contributed by atoms with Crippen LogP contribution < -0.4 is 11.1 Å². The number of halogens is 1. The van der Waals surface area contributed by atoms with Gasteiger partial charge < -0.3 is 15.8 Å². The van der Waals surface area contributed by atoms with Crippen LogP contribution in [0.1, 0.15) is 15.9 Å². The maximum Gasteiger partial charge on any atom is 0.340 e. The molecule has 0 atom stereocenters. The summed E-state index contributed by atoms with van der Waals surface area (Å²) in [6, 6.07) is 7.37. The molecule has 0 aliphatic heterocycles. The highest BCUT2D eigenvalue weighted by Gasteiger charge is 2.17. The molecule has 0 fully saturated rings. The Hall–Kier alpha value is -3.49. The first-order chi connectivity index (χ1) is 11.8. The third kappa shape index (κ3) is 4.28. The number of esters is 1. The van der Waals surface area contributed by atoms with Crippen molar-refractivity contribution in [3.63, 3.8) is 0 Å². The van der Waals surface area contributed by atoms with Crippen LogP contribution in [-0.2, 0) is 9.53 Å². The molecule has 1 amide bonds. The van der Waals surface area contributed by atoms with E-state index in [1.165, 1.54) is 25.1 Å². The second-order valence-electron chi connectivity index (χ2n) is 5.06. The number of nitrogens with two attached hydrogens (primary N) is 1. The summed E-state index contributed by atoms with van der Waals surface area (Å²) < 4.78 is 17.8. The van der Waals surface area contributed by atoms with Crippen molar-refractivity contribution in [3.05, 3.63) is 63.5 Å². The summed E-state index contributed by atoms with van der Waals surface area (Å²) in [4.78, 5) is 34.0. The molecule has 130 valence electrons. The minimum Gasteiger partial charge on any atom is -0.452 e. The van der Waals surface area contributed by atoms with E-state index in [2.05, 4.69) is 5.32 Å². The van der Waals surface area contributed by atoms with E-state index in [4.69, 9.17) is 10.5 Å². The van der Waals surface area contributed by atoms with E-state index in [1.807, 2.05) is 0 Å². The van der Waals surface area contributed by atoms with Gasteiger partial charge in [-0.05, 0) is 31.2 Å². The quantitative estimate of drug-likeness (QED) is 0.370. The Morgan fingerprint density at radius 1 is 1.32 bits per heavy atom. The second kappa shape index (κ2) is 7.39. The van der Waals surface area contributed by atoms with Crippen LogP contribution in [0.4, 0.5) is 21.5 Å². The second-order valence-corrected chi connectivity index (χ2v) is 5.06. The third-order valence-corrected chi connectivity index (χ3v) is 3.34. The van der Waals surface area contributed by atoms with Gasteiger partial charge in [0.15, 0.2) is 6.61 Å². The van der Waals surface area contributed by atoms with E-state index >= 15 is 0 Å². The lowest BCUT2D eigenvalue weighted by molar-refractivity contribution is -0.385. The summed E-state index contributed by atoms with van der Waals surface area (Å²) in [6.45, 7) is 0.858. The molecule has 0 bridgehead atoms. The molecule has 9 heteroatoms. The number of rotatable bonds is 5. The Balaban J connectivity index is 2.00. The van der Waals surface area contributed by atoms with Crippen molar-refractivity contribution >= 4 is 28.9 Å². The molecule has 0 radical (unpaired) electrons. The lowest BCUT2D eigenvalue weighted by atomic mass is 10.1. The zero-order valence-corrected chi connectivity index (χ0v) is 13.1. The summed E-state index contributed by atoms with van der Waals surface area (Å²) in [5.74, 6) is -2.17. The number of ether oxygens (including phenoxy) is 1. The molecule has 0 saturated heterocycles. The molecule has 2 aromatic rings. The normalized spacial score (nSPS) is 10.2. The molecule has 3 N–H and O–H groups in total. The molecule has 0 aliphatic rings. The van der Waals surface area contributed by atoms with Gasteiger partial charge in [0.05, 0.1) is 21.7 Å². The van der Waals surface area contributed by atoms with Gasteiger partial charge >= 0.3 is 5.97 Å². The molecule has 0 aromatic heterocycles. The SMILES string of the molecule is Cc1c(NC(=O)COC(=O)c2ccc(F)cc2N)cccc1[N+](=O)[O-]. The van der Waals surface area contributed by atoms with E-state index in [0.29, 0.717) is 0 Å². The maximum atomic E-state index is 13.0. The van der Waals surface area contributed by atoms with E-state index in [1.54, 1.807) is 0 Å². The number of nitro benzene ring substituents is 1. The van der Waals surface area contributed by atoms with Gasteiger partial charge in [0.1, 0.15) is 5.82 Å². The molecule has 0 heterocycles. The van der Waals surface area contributed by atoms with Crippen molar-refractivity contribution in [2.45, 2.75) is 6.92 Å². The Morgan fingerprint density at radius 2 is 2.04 bits per heavy atom. The Labute approximate surface area is 141 Å². The zero-order valence-electron chi connectivity index (χ0n) is 13.1. The smallest absolute Gasteiger partial charge is 0.340 e. The molecular weight excluding hydrogens is 333 g/mol. The first-order valence-electron chi connectivity index (χ1n) is 7.05.